The molecule has 16 heavy (non-hydrogen) atoms. The van der Waals surface area contributed by atoms with Gasteiger partial charge in [0.25, 0.3) is 0 Å². The van der Waals surface area contributed by atoms with E-state index in [2.05, 4.69) is 0 Å². The van der Waals surface area contributed by atoms with E-state index in [0.29, 0.717) is 25.4 Å². The summed E-state index contributed by atoms with van der Waals surface area (Å²) < 4.78 is 9.57. The van der Waals surface area contributed by atoms with Crippen LogP contribution < -0.4 is 5.73 Å². The Morgan fingerprint density at radius 3 is 2.81 bits per heavy atom. The predicted molar refractivity (Wildman–Crippen MR) is 64.4 cm³/mol. The van der Waals surface area contributed by atoms with E-state index < -0.39 is 12.1 Å². The first kappa shape index (κ1) is 15.7. The first-order valence-corrected chi connectivity index (χ1v) is 6.44. The van der Waals surface area contributed by atoms with Crippen molar-refractivity contribution in [2.24, 2.45) is 5.73 Å². The molecule has 0 heterocycles. The summed E-state index contributed by atoms with van der Waals surface area (Å²) >= 11 is 1.55. The van der Waals surface area contributed by atoms with Gasteiger partial charge in [0, 0.05) is 12.9 Å². The van der Waals surface area contributed by atoms with E-state index in [1.807, 2.05) is 0 Å². The number of methoxy groups -OCH3 is 1. The number of thioether (sulfide) groups is 1. The van der Waals surface area contributed by atoms with Crippen LogP contribution in [0.4, 0.5) is 0 Å². The van der Waals surface area contributed by atoms with Gasteiger partial charge in [-0.1, -0.05) is 0 Å². The largest absolute Gasteiger partial charge is 0.465 e. The lowest BCUT2D eigenvalue weighted by Crippen LogP contribution is -2.33. The van der Waals surface area contributed by atoms with E-state index in [-0.39, 0.29) is 5.97 Å². The summed E-state index contributed by atoms with van der Waals surface area (Å²) in [6, 6.07) is -0.563. The summed E-state index contributed by atoms with van der Waals surface area (Å²) in [5.74, 6) is 0.949. The molecule has 6 heteroatoms. The lowest BCUT2D eigenvalue weighted by molar-refractivity contribution is -0.144. The average Bonchev–Trinajstić information content (AvgIpc) is 2.24. The molecule has 0 rings (SSSR count). The molecule has 0 radical (unpaired) electrons. The zero-order valence-corrected chi connectivity index (χ0v) is 10.7. The van der Waals surface area contributed by atoms with Crippen molar-refractivity contribution in [3.8, 4) is 0 Å². The molecule has 5 nitrogen and oxygen atoms in total. The minimum Gasteiger partial charge on any atom is -0.465 e. The first-order chi connectivity index (χ1) is 7.61. The molecule has 0 saturated carbocycles. The van der Waals surface area contributed by atoms with E-state index in [1.165, 1.54) is 0 Å². The minimum atomic E-state index is -0.563. The highest BCUT2D eigenvalue weighted by molar-refractivity contribution is 7.99. The van der Waals surface area contributed by atoms with Crippen molar-refractivity contribution in [2.45, 2.75) is 25.5 Å². The van der Waals surface area contributed by atoms with Crippen LogP contribution in [0.15, 0.2) is 0 Å². The highest BCUT2D eigenvalue weighted by Crippen LogP contribution is 2.07. The second kappa shape index (κ2) is 9.89. The molecule has 2 unspecified atom stereocenters. The molecule has 0 aromatic rings. The molecule has 3 N–H and O–H groups in total. The second-order valence-electron chi connectivity index (χ2n) is 3.33. The zero-order chi connectivity index (χ0) is 12.4. The monoisotopic (exact) mass is 251 g/mol. The molecule has 0 fully saturated rings. The highest BCUT2D eigenvalue weighted by Gasteiger charge is 2.14. The molecular formula is C10H21NO4S. The third-order valence-corrected chi connectivity index (χ3v) is 2.98. The molecule has 2 atom stereocenters. The molecule has 0 spiro atoms. The fourth-order valence-electron chi connectivity index (χ4n) is 1.04. The van der Waals surface area contributed by atoms with E-state index in [4.69, 9.17) is 15.2 Å². The van der Waals surface area contributed by atoms with Crippen LogP contribution in [0.1, 0.15) is 13.3 Å². The quantitative estimate of drug-likeness (QED) is 0.444. The normalized spacial score (nSPS) is 14.5. The maximum Gasteiger partial charge on any atom is 0.322 e. The van der Waals surface area contributed by atoms with Gasteiger partial charge in [0.15, 0.2) is 0 Å². The number of rotatable bonds is 9. The van der Waals surface area contributed by atoms with Gasteiger partial charge >= 0.3 is 5.97 Å². The van der Waals surface area contributed by atoms with Gasteiger partial charge in [-0.3, -0.25) is 4.79 Å². The summed E-state index contributed by atoms with van der Waals surface area (Å²) in [6.07, 6.45) is 0.0947. The highest BCUT2D eigenvalue weighted by atomic mass is 32.2. The summed E-state index contributed by atoms with van der Waals surface area (Å²) in [7, 11) is 1.55. The molecule has 96 valence electrons. The zero-order valence-electron chi connectivity index (χ0n) is 9.85. The molecular weight excluding hydrogens is 230 g/mol. The fourth-order valence-corrected chi connectivity index (χ4v) is 1.99. The van der Waals surface area contributed by atoms with Crippen molar-refractivity contribution in [1.82, 2.24) is 0 Å². The number of hydrogen-bond donors (Lipinski definition) is 2. The molecule has 0 saturated heterocycles. The van der Waals surface area contributed by atoms with E-state index >= 15 is 0 Å². The molecule has 0 aliphatic heterocycles. The summed E-state index contributed by atoms with van der Waals surface area (Å²) in [4.78, 5) is 11.1. The third kappa shape index (κ3) is 7.92. The van der Waals surface area contributed by atoms with Crippen LogP contribution >= 0.6 is 11.8 Å². The van der Waals surface area contributed by atoms with Crippen LogP contribution in [0.2, 0.25) is 0 Å². The predicted octanol–water partition coefficient (Wildman–Crippen LogP) is 0.00740. The number of carbonyl (C=O) groups excluding carboxylic acids is 1. The van der Waals surface area contributed by atoms with Gasteiger partial charge in [0.05, 0.1) is 19.3 Å². The van der Waals surface area contributed by atoms with Crippen molar-refractivity contribution >= 4 is 17.7 Å². The number of hydrogen-bond acceptors (Lipinski definition) is 6. The molecule has 0 aromatic carbocycles. The Kier molecular flexibility index (Phi) is 9.71. The number of esters is 1. The van der Waals surface area contributed by atoms with Crippen LogP contribution in [0.5, 0.6) is 0 Å². The Morgan fingerprint density at radius 1 is 1.56 bits per heavy atom. The van der Waals surface area contributed by atoms with E-state index in [0.717, 1.165) is 5.75 Å². The molecule has 0 aliphatic carbocycles. The van der Waals surface area contributed by atoms with E-state index in [9.17, 15) is 9.90 Å². The third-order valence-electron chi connectivity index (χ3n) is 1.83. The molecule has 0 aliphatic rings. The Bertz CT molecular complexity index is 192. The lowest BCUT2D eigenvalue weighted by atomic mass is 10.2. The Hall–Kier alpha value is -0.300. The Balaban J connectivity index is 3.47. The van der Waals surface area contributed by atoms with Crippen molar-refractivity contribution in [3.05, 3.63) is 0 Å². The van der Waals surface area contributed by atoms with Gasteiger partial charge in [-0.25, -0.2) is 0 Å². The summed E-state index contributed by atoms with van der Waals surface area (Å²) in [5, 5.41) is 9.34. The summed E-state index contributed by atoms with van der Waals surface area (Å²) in [5.41, 5.74) is 5.60. The minimum absolute atomic E-state index is 0.330. The Morgan fingerprint density at radius 2 is 2.25 bits per heavy atom. The Labute approximate surface area is 101 Å². The number of nitrogens with two attached hydrogens (primary N) is 1. The SMILES string of the molecule is CCOC(=O)C(N)CCSCC(O)COC. The second-order valence-corrected chi connectivity index (χ2v) is 4.48. The first-order valence-electron chi connectivity index (χ1n) is 5.28. The number of aliphatic hydroxyl groups is 1. The van der Waals surface area contributed by atoms with E-state index in [1.54, 1.807) is 25.8 Å². The average molecular weight is 251 g/mol. The maximum atomic E-state index is 11.1. The molecule has 0 amide bonds. The topological polar surface area (TPSA) is 81.8 Å². The van der Waals surface area contributed by atoms with Gasteiger partial charge in [-0.05, 0) is 19.1 Å². The van der Waals surface area contributed by atoms with Crippen LogP contribution in [0, 0.1) is 0 Å². The van der Waals surface area contributed by atoms with Gasteiger partial charge in [-0.2, -0.15) is 11.8 Å². The number of aliphatic hydroxyl groups excluding tert-OH is 1. The van der Waals surface area contributed by atoms with Crippen molar-refractivity contribution in [3.63, 3.8) is 0 Å². The van der Waals surface area contributed by atoms with Gasteiger partial charge in [0.2, 0.25) is 0 Å². The standard InChI is InChI=1S/C10H21NO4S/c1-3-15-10(13)9(11)4-5-16-7-8(12)6-14-2/h8-9,12H,3-7,11H2,1-2H3. The lowest BCUT2D eigenvalue weighted by Gasteiger charge is -2.11. The number of carbonyl (C=O) groups is 1. The number of ether oxygens (including phenoxy) is 2. The van der Waals surface area contributed by atoms with Crippen LogP contribution in [-0.4, -0.2) is 55.1 Å². The van der Waals surface area contributed by atoms with Crippen molar-refractivity contribution < 1.29 is 19.4 Å². The molecule has 0 aromatic heterocycles. The smallest absolute Gasteiger partial charge is 0.322 e. The maximum absolute atomic E-state index is 11.1. The van der Waals surface area contributed by atoms with Gasteiger partial charge < -0.3 is 20.3 Å². The van der Waals surface area contributed by atoms with Crippen molar-refractivity contribution in [1.29, 1.82) is 0 Å². The van der Waals surface area contributed by atoms with Crippen LogP contribution in [0.25, 0.3) is 0 Å². The van der Waals surface area contributed by atoms with Gasteiger partial charge in [0.1, 0.15) is 6.04 Å². The van der Waals surface area contributed by atoms with Crippen molar-refractivity contribution in [2.75, 3.05) is 31.8 Å². The van der Waals surface area contributed by atoms with Crippen LogP contribution in [-0.2, 0) is 14.3 Å². The molecule has 0 bridgehead atoms. The summed E-state index contributed by atoms with van der Waals surface area (Å²) in [6.45, 7) is 2.43. The van der Waals surface area contributed by atoms with Crippen LogP contribution in [0.3, 0.4) is 0 Å². The fraction of sp³-hybridized carbons (Fsp3) is 0.900. The van der Waals surface area contributed by atoms with Gasteiger partial charge in [-0.15, -0.1) is 0 Å².